The number of benzene rings is 2. The minimum absolute atomic E-state index is 0.784. The summed E-state index contributed by atoms with van der Waals surface area (Å²) in [4.78, 5) is 0. The number of halogens is 1. The largest absolute Gasteiger partial charge is 0.453 e. The standard InChI is InChI=1S/C12H8ClNO/c13-14-9-5-1-3-7-11(9)15-12-8-4-2-6-10(12)14/h1-8H. The van der Waals surface area contributed by atoms with E-state index in [0.29, 0.717) is 0 Å². The molecule has 0 atom stereocenters. The van der Waals surface area contributed by atoms with E-state index in [4.69, 9.17) is 16.5 Å². The molecule has 2 aromatic rings. The Balaban J connectivity index is 2.20. The van der Waals surface area contributed by atoms with Crippen molar-refractivity contribution < 1.29 is 4.74 Å². The van der Waals surface area contributed by atoms with Gasteiger partial charge >= 0.3 is 0 Å². The van der Waals surface area contributed by atoms with Crippen LogP contribution in [0.15, 0.2) is 48.5 Å². The van der Waals surface area contributed by atoms with Crippen LogP contribution in [0.3, 0.4) is 0 Å². The Morgan fingerprint density at radius 3 is 1.80 bits per heavy atom. The Morgan fingerprint density at radius 2 is 1.27 bits per heavy atom. The Labute approximate surface area is 92.8 Å². The van der Waals surface area contributed by atoms with Gasteiger partial charge in [-0.25, -0.2) is 4.42 Å². The van der Waals surface area contributed by atoms with Gasteiger partial charge in [-0.1, -0.05) is 24.3 Å². The average Bonchev–Trinajstić information content (AvgIpc) is 2.30. The SMILES string of the molecule is ClN1c2ccccc2Oc2ccccc21. The van der Waals surface area contributed by atoms with E-state index in [1.54, 1.807) is 4.42 Å². The summed E-state index contributed by atoms with van der Waals surface area (Å²) in [7, 11) is 0. The summed E-state index contributed by atoms with van der Waals surface area (Å²) in [5, 5.41) is 0. The van der Waals surface area contributed by atoms with Crippen LogP contribution in [0.5, 0.6) is 11.5 Å². The number of hydrogen-bond donors (Lipinski definition) is 0. The van der Waals surface area contributed by atoms with Crippen LogP contribution >= 0.6 is 11.8 Å². The Kier molecular flexibility index (Phi) is 1.82. The second-order valence-electron chi connectivity index (χ2n) is 3.32. The van der Waals surface area contributed by atoms with Crippen molar-refractivity contribution in [3.05, 3.63) is 48.5 Å². The van der Waals surface area contributed by atoms with E-state index in [9.17, 15) is 0 Å². The van der Waals surface area contributed by atoms with Crippen LogP contribution in [0.4, 0.5) is 11.4 Å². The van der Waals surface area contributed by atoms with E-state index in [0.717, 1.165) is 22.9 Å². The third-order valence-corrected chi connectivity index (χ3v) is 2.74. The van der Waals surface area contributed by atoms with Gasteiger partial charge in [0.15, 0.2) is 11.5 Å². The maximum absolute atomic E-state index is 6.23. The summed E-state index contributed by atoms with van der Waals surface area (Å²) in [6.07, 6.45) is 0. The topological polar surface area (TPSA) is 12.5 Å². The minimum atomic E-state index is 0.784. The summed E-state index contributed by atoms with van der Waals surface area (Å²) in [6.45, 7) is 0. The number of rotatable bonds is 0. The first kappa shape index (κ1) is 8.62. The maximum Gasteiger partial charge on any atom is 0.152 e. The highest BCUT2D eigenvalue weighted by atomic mass is 35.5. The highest BCUT2D eigenvalue weighted by Gasteiger charge is 2.21. The molecule has 74 valence electrons. The summed E-state index contributed by atoms with van der Waals surface area (Å²) < 4.78 is 7.34. The van der Waals surface area contributed by atoms with Crippen molar-refractivity contribution in [2.24, 2.45) is 0 Å². The lowest BCUT2D eigenvalue weighted by Crippen LogP contribution is -2.09. The summed E-state index contributed by atoms with van der Waals surface area (Å²) in [5.41, 5.74) is 1.75. The van der Waals surface area contributed by atoms with Gasteiger partial charge in [-0.05, 0) is 24.3 Å². The third kappa shape index (κ3) is 1.26. The molecule has 0 spiro atoms. The Bertz CT molecular complexity index is 467. The first-order valence-corrected chi connectivity index (χ1v) is 5.02. The molecule has 3 heteroatoms. The molecule has 0 N–H and O–H groups in total. The van der Waals surface area contributed by atoms with Crippen molar-refractivity contribution in [2.75, 3.05) is 4.42 Å². The van der Waals surface area contributed by atoms with Gasteiger partial charge in [-0.15, -0.1) is 0 Å². The first-order chi connectivity index (χ1) is 7.36. The van der Waals surface area contributed by atoms with Crippen LogP contribution in [0.25, 0.3) is 0 Å². The number of hydrogen-bond acceptors (Lipinski definition) is 2. The van der Waals surface area contributed by atoms with Gasteiger partial charge in [0, 0.05) is 11.8 Å². The third-order valence-electron chi connectivity index (χ3n) is 2.37. The Morgan fingerprint density at radius 1 is 0.800 bits per heavy atom. The molecular weight excluding hydrogens is 210 g/mol. The molecular formula is C12H8ClNO. The molecule has 0 aliphatic carbocycles. The number of para-hydroxylation sites is 4. The maximum atomic E-state index is 6.23. The van der Waals surface area contributed by atoms with Gasteiger partial charge < -0.3 is 4.74 Å². The highest BCUT2D eigenvalue weighted by molar-refractivity contribution is 6.30. The van der Waals surface area contributed by atoms with Crippen molar-refractivity contribution in [2.45, 2.75) is 0 Å². The van der Waals surface area contributed by atoms with Crippen molar-refractivity contribution >= 4 is 23.2 Å². The minimum Gasteiger partial charge on any atom is -0.453 e. The van der Waals surface area contributed by atoms with Gasteiger partial charge in [-0.2, -0.15) is 0 Å². The fourth-order valence-corrected chi connectivity index (χ4v) is 1.94. The van der Waals surface area contributed by atoms with Crippen LogP contribution in [0, 0.1) is 0 Å². The molecule has 0 saturated heterocycles. The molecule has 1 heterocycles. The molecule has 3 rings (SSSR count). The van der Waals surface area contributed by atoms with Gasteiger partial charge in [0.05, 0.1) is 0 Å². The van der Waals surface area contributed by atoms with Crippen molar-refractivity contribution in [1.29, 1.82) is 0 Å². The summed E-state index contributed by atoms with van der Waals surface area (Å²) in [6, 6.07) is 15.4. The van der Waals surface area contributed by atoms with Crippen molar-refractivity contribution in [3.8, 4) is 11.5 Å². The van der Waals surface area contributed by atoms with Crippen molar-refractivity contribution in [1.82, 2.24) is 0 Å². The summed E-state index contributed by atoms with van der Waals surface area (Å²) in [5.74, 6) is 1.57. The van der Waals surface area contributed by atoms with Crippen LogP contribution in [0.1, 0.15) is 0 Å². The highest BCUT2D eigenvalue weighted by Crippen LogP contribution is 2.47. The Hall–Kier alpha value is -1.67. The molecule has 0 fully saturated rings. The molecule has 0 radical (unpaired) electrons. The van der Waals surface area contributed by atoms with Crippen LogP contribution < -0.4 is 9.16 Å². The number of fused-ring (bicyclic) bond motifs is 2. The average molecular weight is 218 g/mol. The number of anilines is 2. The molecule has 2 nitrogen and oxygen atoms in total. The normalized spacial score (nSPS) is 12.7. The lowest BCUT2D eigenvalue weighted by molar-refractivity contribution is 0.478. The molecule has 1 aliphatic heterocycles. The zero-order valence-electron chi connectivity index (χ0n) is 7.85. The van der Waals surface area contributed by atoms with E-state index in [1.165, 1.54) is 0 Å². The molecule has 0 aromatic heterocycles. The second-order valence-corrected chi connectivity index (χ2v) is 3.66. The second kappa shape index (κ2) is 3.17. The predicted molar refractivity (Wildman–Crippen MR) is 61.0 cm³/mol. The zero-order valence-corrected chi connectivity index (χ0v) is 8.61. The molecule has 1 aliphatic rings. The fraction of sp³-hybridized carbons (Fsp3) is 0. The molecule has 0 bridgehead atoms. The predicted octanol–water partition coefficient (Wildman–Crippen LogP) is 4.08. The quantitative estimate of drug-likeness (QED) is 0.617. The smallest absolute Gasteiger partial charge is 0.152 e. The number of ether oxygens (including phenoxy) is 1. The van der Waals surface area contributed by atoms with Crippen LogP contribution in [0.2, 0.25) is 0 Å². The zero-order chi connectivity index (χ0) is 10.3. The first-order valence-electron chi connectivity index (χ1n) is 4.68. The monoisotopic (exact) mass is 217 g/mol. The van der Waals surface area contributed by atoms with E-state index in [1.807, 2.05) is 48.5 Å². The van der Waals surface area contributed by atoms with Gasteiger partial charge in [0.1, 0.15) is 11.4 Å². The molecule has 15 heavy (non-hydrogen) atoms. The van der Waals surface area contributed by atoms with Crippen LogP contribution in [-0.4, -0.2) is 0 Å². The van der Waals surface area contributed by atoms with Gasteiger partial charge in [-0.3, -0.25) is 0 Å². The van der Waals surface area contributed by atoms with Gasteiger partial charge in [0.25, 0.3) is 0 Å². The summed E-state index contributed by atoms with van der Waals surface area (Å²) >= 11 is 6.23. The van der Waals surface area contributed by atoms with E-state index in [-0.39, 0.29) is 0 Å². The lowest BCUT2D eigenvalue weighted by Gasteiger charge is -2.26. The molecule has 0 amide bonds. The molecule has 2 aromatic carbocycles. The van der Waals surface area contributed by atoms with E-state index >= 15 is 0 Å². The fourth-order valence-electron chi connectivity index (χ4n) is 1.66. The molecule has 0 unspecified atom stereocenters. The molecule has 0 saturated carbocycles. The van der Waals surface area contributed by atoms with Gasteiger partial charge in [0.2, 0.25) is 0 Å². The number of nitrogens with zero attached hydrogens (tertiary/aromatic N) is 1. The van der Waals surface area contributed by atoms with E-state index in [2.05, 4.69) is 0 Å². The van der Waals surface area contributed by atoms with Crippen LogP contribution in [-0.2, 0) is 0 Å². The lowest BCUT2D eigenvalue weighted by atomic mass is 10.2. The van der Waals surface area contributed by atoms with E-state index < -0.39 is 0 Å². The van der Waals surface area contributed by atoms with Crippen molar-refractivity contribution in [3.63, 3.8) is 0 Å².